The standard InChI is InChI=1S/C10H19NO/c1-5-6-7-8-10(3,11-4)9(2)12/h5,11H,1,6-8H2,2-4H3/t10-/m1/s1. The minimum Gasteiger partial charge on any atom is -0.308 e. The van der Waals surface area contributed by atoms with Crippen molar-refractivity contribution in [1.82, 2.24) is 5.32 Å². The van der Waals surface area contributed by atoms with Gasteiger partial charge in [0.05, 0.1) is 5.54 Å². The van der Waals surface area contributed by atoms with E-state index in [0.29, 0.717) is 0 Å². The van der Waals surface area contributed by atoms with Crippen molar-refractivity contribution in [3.05, 3.63) is 12.7 Å². The van der Waals surface area contributed by atoms with Gasteiger partial charge in [0, 0.05) is 0 Å². The Balaban J connectivity index is 3.96. The van der Waals surface area contributed by atoms with Crippen LogP contribution in [0.3, 0.4) is 0 Å². The zero-order chi connectivity index (χ0) is 9.61. The summed E-state index contributed by atoms with van der Waals surface area (Å²) in [5.74, 6) is 0.203. The van der Waals surface area contributed by atoms with Gasteiger partial charge in [-0.2, -0.15) is 0 Å². The highest BCUT2D eigenvalue weighted by molar-refractivity contribution is 5.85. The topological polar surface area (TPSA) is 29.1 Å². The van der Waals surface area contributed by atoms with Gasteiger partial charge >= 0.3 is 0 Å². The summed E-state index contributed by atoms with van der Waals surface area (Å²) in [6.07, 6.45) is 4.76. The van der Waals surface area contributed by atoms with Crippen LogP contribution in [0.1, 0.15) is 33.1 Å². The number of rotatable bonds is 6. The molecule has 0 saturated heterocycles. The Hall–Kier alpha value is -0.630. The minimum atomic E-state index is -0.344. The van der Waals surface area contributed by atoms with Gasteiger partial charge in [0.25, 0.3) is 0 Å². The molecule has 0 bridgehead atoms. The maximum Gasteiger partial charge on any atom is 0.149 e. The zero-order valence-corrected chi connectivity index (χ0v) is 8.31. The van der Waals surface area contributed by atoms with E-state index in [1.54, 1.807) is 6.92 Å². The number of ketones is 1. The van der Waals surface area contributed by atoms with E-state index in [1.165, 1.54) is 0 Å². The monoisotopic (exact) mass is 169 g/mol. The first-order chi connectivity index (χ1) is 5.56. The second-order valence-electron chi connectivity index (χ2n) is 3.32. The van der Waals surface area contributed by atoms with E-state index in [2.05, 4.69) is 11.9 Å². The van der Waals surface area contributed by atoms with E-state index < -0.39 is 0 Å². The Labute approximate surface area is 75.0 Å². The molecule has 0 rings (SSSR count). The van der Waals surface area contributed by atoms with Crippen LogP contribution in [0.5, 0.6) is 0 Å². The molecule has 1 atom stereocenters. The van der Waals surface area contributed by atoms with Crippen molar-refractivity contribution in [2.75, 3.05) is 7.05 Å². The number of likely N-dealkylation sites (N-methyl/N-ethyl adjacent to an activating group) is 1. The van der Waals surface area contributed by atoms with E-state index in [9.17, 15) is 4.79 Å². The van der Waals surface area contributed by atoms with Gasteiger partial charge in [-0.05, 0) is 40.2 Å². The zero-order valence-electron chi connectivity index (χ0n) is 8.31. The van der Waals surface area contributed by atoms with Crippen LogP contribution in [-0.2, 0) is 4.79 Å². The van der Waals surface area contributed by atoms with Crippen LogP contribution in [0.4, 0.5) is 0 Å². The Bertz CT molecular complexity index is 165. The van der Waals surface area contributed by atoms with Crippen molar-refractivity contribution < 1.29 is 4.79 Å². The summed E-state index contributed by atoms with van der Waals surface area (Å²) < 4.78 is 0. The minimum absolute atomic E-state index is 0.203. The van der Waals surface area contributed by atoms with Gasteiger partial charge in [0.15, 0.2) is 0 Å². The Morgan fingerprint density at radius 3 is 2.58 bits per heavy atom. The van der Waals surface area contributed by atoms with Crippen molar-refractivity contribution in [2.24, 2.45) is 0 Å². The summed E-state index contributed by atoms with van der Waals surface area (Å²) in [5.41, 5.74) is -0.344. The summed E-state index contributed by atoms with van der Waals surface area (Å²) in [6, 6.07) is 0. The van der Waals surface area contributed by atoms with E-state index >= 15 is 0 Å². The molecule has 0 unspecified atom stereocenters. The molecular formula is C10H19NO. The van der Waals surface area contributed by atoms with Crippen LogP contribution in [-0.4, -0.2) is 18.4 Å². The Morgan fingerprint density at radius 1 is 1.67 bits per heavy atom. The first-order valence-corrected chi connectivity index (χ1v) is 4.37. The van der Waals surface area contributed by atoms with Crippen molar-refractivity contribution in [2.45, 2.75) is 38.6 Å². The van der Waals surface area contributed by atoms with Crippen LogP contribution >= 0.6 is 0 Å². The first kappa shape index (κ1) is 11.4. The van der Waals surface area contributed by atoms with E-state index in [4.69, 9.17) is 0 Å². The lowest BCUT2D eigenvalue weighted by atomic mass is 9.91. The summed E-state index contributed by atoms with van der Waals surface area (Å²) in [4.78, 5) is 11.2. The molecule has 0 aliphatic carbocycles. The number of carbonyl (C=O) groups excluding carboxylic acids is 1. The number of nitrogens with one attached hydrogen (secondary N) is 1. The molecule has 12 heavy (non-hydrogen) atoms. The molecule has 2 nitrogen and oxygen atoms in total. The molecule has 0 saturated carbocycles. The van der Waals surface area contributed by atoms with Crippen LogP contribution in [0, 0.1) is 0 Å². The lowest BCUT2D eigenvalue weighted by molar-refractivity contribution is -0.122. The fourth-order valence-electron chi connectivity index (χ4n) is 1.08. The molecule has 1 N–H and O–H groups in total. The first-order valence-electron chi connectivity index (χ1n) is 4.37. The highest BCUT2D eigenvalue weighted by Gasteiger charge is 2.26. The predicted molar refractivity (Wildman–Crippen MR) is 52.2 cm³/mol. The molecule has 0 radical (unpaired) electrons. The second-order valence-corrected chi connectivity index (χ2v) is 3.32. The van der Waals surface area contributed by atoms with Crippen LogP contribution in [0.15, 0.2) is 12.7 Å². The number of Topliss-reactive ketones (excluding diaryl/α,β-unsaturated/α-hetero) is 1. The Morgan fingerprint density at radius 2 is 2.25 bits per heavy atom. The molecule has 0 amide bonds. The summed E-state index contributed by atoms with van der Waals surface area (Å²) in [6.45, 7) is 7.22. The van der Waals surface area contributed by atoms with Gasteiger partial charge in [-0.1, -0.05) is 6.08 Å². The summed E-state index contributed by atoms with van der Waals surface area (Å²) >= 11 is 0. The van der Waals surface area contributed by atoms with Crippen molar-refractivity contribution in [3.8, 4) is 0 Å². The summed E-state index contributed by atoms with van der Waals surface area (Å²) in [7, 11) is 1.83. The quantitative estimate of drug-likeness (QED) is 0.486. The van der Waals surface area contributed by atoms with E-state index in [-0.39, 0.29) is 11.3 Å². The van der Waals surface area contributed by atoms with Gasteiger partial charge in [0.2, 0.25) is 0 Å². The number of carbonyl (C=O) groups is 1. The molecule has 2 heteroatoms. The SMILES string of the molecule is C=CCCC[C@@](C)(NC)C(C)=O. The third-order valence-corrected chi connectivity index (χ3v) is 2.41. The fraction of sp³-hybridized carbons (Fsp3) is 0.700. The maximum atomic E-state index is 11.2. The molecule has 0 aliphatic heterocycles. The fourth-order valence-corrected chi connectivity index (χ4v) is 1.08. The number of hydrogen-bond acceptors (Lipinski definition) is 2. The molecular weight excluding hydrogens is 150 g/mol. The van der Waals surface area contributed by atoms with Crippen molar-refractivity contribution in [1.29, 1.82) is 0 Å². The smallest absolute Gasteiger partial charge is 0.149 e. The summed E-state index contributed by atoms with van der Waals surface area (Å²) in [5, 5.41) is 3.05. The largest absolute Gasteiger partial charge is 0.308 e. The molecule has 0 aromatic carbocycles. The lowest BCUT2D eigenvalue weighted by Crippen LogP contribution is -2.46. The molecule has 0 spiro atoms. The third-order valence-electron chi connectivity index (χ3n) is 2.41. The lowest BCUT2D eigenvalue weighted by Gasteiger charge is -2.25. The predicted octanol–water partition coefficient (Wildman–Crippen LogP) is 1.91. The average molecular weight is 169 g/mol. The van der Waals surface area contributed by atoms with Gasteiger partial charge in [-0.15, -0.1) is 6.58 Å². The van der Waals surface area contributed by atoms with Crippen LogP contribution in [0.2, 0.25) is 0 Å². The molecule has 0 aliphatic rings. The van der Waals surface area contributed by atoms with Crippen LogP contribution < -0.4 is 5.32 Å². The number of unbranched alkanes of at least 4 members (excludes halogenated alkanes) is 1. The van der Waals surface area contributed by atoms with Gasteiger partial charge < -0.3 is 5.32 Å². The molecule has 0 heterocycles. The van der Waals surface area contributed by atoms with Gasteiger partial charge in [-0.3, -0.25) is 4.79 Å². The van der Waals surface area contributed by atoms with Crippen molar-refractivity contribution in [3.63, 3.8) is 0 Å². The Kier molecular flexibility index (Phi) is 4.83. The molecule has 0 fully saturated rings. The van der Waals surface area contributed by atoms with Crippen LogP contribution in [0.25, 0.3) is 0 Å². The van der Waals surface area contributed by atoms with Gasteiger partial charge in [0.1, 0.15) is 5.78 Å². The third kappa shape index (κ3) is 3.18. The number of hydrogen-bond donors (Lipinski definition) is 1. The molecule has 70 valence electrons. The normalized spacial score (nSPS) is 15.2. The number of allylic oxidation sites excluding steroid dienone is 1. The van der Waals surface area contributed by atoms with E-state index in [1.807, 2.05) is 20.0 Å². The highest BCUT2D eigenvalue weighted by atomic mass is 16.1. The maximum absolute atomic E-state index is 11.2. The highest BCUT2D eigenvalue weighted by Crippen LogP contribution is 2.14. The van der Waals surface area contributed by atoms with E-state index in [0.717, 1.165) is 19.3 Å². The molecule has 0 aromatic heterocycles. The second kappa shape index (κ2) is 5.09. The average Bonchev–Trinajstić information content (AvgIpc) is 2.04. The van der Waals surface area contributed by atoms with Gasteiger partial charge in [-0.25, -0.2) is 0 Å². The molecule has 0 aromatic rings. The van der Waals surface area contributed by atoms with Crippen molar-refractivity contribution >= 4 is 5.78 Å².